The van der Waals surface area contributed by atoms with E-state index in [9.17, 15) is 14.0 Å². The van der Waals surface area contributed by atoms with E-state index in [1.165, 1.54) is 24.3 Å². The van der Waals surface area contributed by atoms with Crippen LogP contribution in [-0.2, 0) is 11.3 Å². The Morgan fingerprint density at radius 2 is 2.11 bits per heavy atom. The first-order chi connectivity index (χ1) is 13.0. The molecule has 1 N–H and O–H groups in total. The molecule has 2 atom stereocenters. The van der Waals surface area contributed by atoms with E-state index >= 15 is 0 Å². The van der Waals surface area contributed by atoms with Gasteiger partial charge in [-0.1, -0.05) is 6.92 Å². The largest absolute Gasteiger partial charge is 0.355 e. The minimum atomic E-state index is -0.369. The van der Waals surface area contributed by atoms with Gasteiger partial charge in [0, 0.05) is 44.1 Å². The van der Waals surface area contributed by atoms with Crippen molar-refractivity contribution in [1.82, 2.24) is 20.0 Å². The monoisotopic (exact) mass is 372 g/mol. The Bertz CT molecular complexity index is 761. The summed E-state index contributed by atoms with van der Waals surface area (Å²) in [5, 5.41) is 7.18. The smallest absolute Gasteiger partial charge is 0.253 e. The molecule has 2 heterocycles. The van der Waals surface area contributed by atoms with E-state index in [2.05, 4.69) is 17.3 Å². The number of rotatable bonds is 6. The third kappa shape index (κ3) is 5.15. The molecule has 6 nitrogen and oxygen atoms in total. The maximum atomic E-state index is 13.0. The van der Waals surface area contributed by atoms with Crippen LogP contribution in [0.1, 0.15) is 30.1 Å². The van der Waals surface area contributed by atoms with Crippen LogP contribution in [0, 0.1) is 17.7 Å². The Balaban J connectivity index is 1.50. The lowest BCUT2D eigenvalue weighted by Crippen LogP contribution is -2.46. The molecule has 1 aliphatic heterocycles. The van der Waals surface area contributed by atoms with E-state index in [0.717, 1.165) is 19.4 Å². The van der Waals surface area contributed by atoms with Crippen LogP contribution in [-0.4, -0.2) is 46.1 Å². The third-order valence-corrected chi connectivity index (χ3v) is 4.85. The number of carbonyl (C=O) groups excluding carboxylic acids is 2. The highest BCUT2D eigenvalue weighted by atomic mass is 19.1. The number of aromatic nitrogens is 2. The minimum Gasteiger partial charge on any atom is -0.355 e. The van der Waals surface area contributed by atoms with Gasteiger partial charge in [-0.3, -0.25) is 14.3 Å². The van der Waals surface area contributed by atoms with Crippen molar-refractivity contribution < 1.29 is 14.0 Å². The maximum Gasteiger partial charge on any atom is 0.253 e. The molecule has 0 radical (unpaired) electrons. The number of piperidine rings is 1. The fraction of sp³-hybridized carbons (Fsp3) is 0.450. The fourth-order valence-corrected chi connectivity index (χ4v) is 3.36. The molecule has 7 heteroatoms. The zero-order valence-corrected chi connectivity index (χ0v) is 15.5. The molecule has 27 heavy (non-hydrogen) atoms. The SMILES string of the molecule is C[C@@H](CNC(=O)[C@@H]1CCCN(C(=O)c2ccc(F)cc2)C1)Cn1cccn1. The number of likely N-dealkylation sites (tertiary alicyclic amines) is 1. The first-order valence-electron chi connectivity index (χ1n) is 9.33. The summed E-state index contributed by atoms with van der Waals surface area (Å²) >= 11 is 0. The van der Waals surface area contributed by atoms with Gasteiger partial charge in [0.25, 0.3) is 5.91 Å². The fourth-order valence-electron chi connectivity index (χ4n) is 3.36. The Labute approximate surface area is 158 Å². The van der Waals surface area contributed by atoms with Gasteiger partial charge in [0.2, 0.25) is 5.91 Å². The van der Waals surface area contributed by atoms with Gasteiger partial charge in [-0.25, -0.2) is 4.39 Å². The van der Waals surface area contributed by atoms with Crippen LogP contribution < -0.4 is 5.32 Å². The highest BCUT2D eigenvalue weighted by Crippen LogP contribution is 2.19. The number of amides is 2. The van der Waals surface area contributed by atoms with Gasteiger partial charge in [0.05, 0.1) is 5.92 Å². The number of carbonyl (C=O) groups is 2. The van der Waals surface area contributed by atoms with E-state index in [1.807, 2.05) is 16.9 Å². The quantitative estimate of drug-likeness (QED) is 0.846. The highest BCUT2D eigenvalue weighted by molar-refractivity contribution is 5.94. The molecule has 0 aliphatic carbocycles. The van der Waals surface area contributed by atoms with Gasteiger partial charge in [-0.05, 0) is 49.1 Å². The van der Waals surface area contributed by atoms with Crippen LogP contribution in [0.15, 0.2) is 42.7 Å². The molecule has 0 bridgehead atoms. The van der Waals surface area contributed by atoms with Gasteiger partial charge in [-0.15, -0.1) is 0 Å². The predicted molar refractivity (Wildman–Crippen MR) is 99.4 cm³/mol. The molecule has 1 saturated heterocycles. The van der Waals surface area contributed by atoms with E-state index in [0.29, 0.717) is 25.2 Å². The van der Waals surface area contributed by atoms with Crippen molar-refractivity contribution >= 4 is 11.8 Å². The van der Waals surface area contributed by atoms with Crippen molar-refractivity contribution in [2.75, 3.05) is 19.6 Å². The second kappa shape index (κ2) is 8.79. The van der Waals surface area contributed by atoms with Crippen LogP contribution in [0.5, 0.6) is 0 Å². The third-order valence-electron chi connectivity index (χ3n) is 4.85. The lowest BCUT2D eigenvalue weighted by atomic mass is 9.96. The van der Waals surface area contributed by atoms with Gasteiger partial charge in [0.15, 0.2) is 0 Å². The molecule has 144 valence electrons. The second-order valence-corrected chi connectivity index (χ2v) is 7.18. The molecule has 3 rings (SSSR count). The maximum absolute atomic E-state index is 13.0. The summed E-state index contributed by atoms with van der Waals surface area (Å²) in [6.07, 6.45) is 5.19. The highest BCUT2D eigenvalue weighted by Gasteiger charge is 2.29. The molecular weight excluding hydrogens is 347 g/mol. The molecule has 1 fully saturated rings. The second-order valence-electron chi connectivity index (χ2n) is 7.18. The van der Waals surface area contributed by atoms with E-state index in [1.54, 1.807) is 11.1 Å². The zero-order valence-electron chi connectivity index (χ0n) is 15.5. The summed E-state index contributed by atoms with van der Waals surface area (Å²) in [6, 6.07) is 7.40. The predicted octanol–water partition coefficient (Wildman–Crippen LogP) is 2.33. The Kier molecular flexibility index (Phi) is 6.21. The van der Waals surface area contributed by atoms with Gasteiger partial charge in [0.1, 0.15) is 5.82 Å². The summed E-state index contributed by atoms with van der Waals surface area (Å²) in [6.45, 7) is 4.40. The van der Waals surface area contributed by atoms with Gasteiger partial charge in [-0.2, -0.15) is 5.10 Å². The lowest BCUT2D eigenvalue weighted by molar-refractivity contribution is -0.126. The van der Waals surface area contributed by atoms with Crippen LogP contribution in [0.4, 0.5) is 4.39 Å². The number of nitrogens with one attached hydrogen (secondary N) is 1. The lowest BCUT2D eigenvalue weighted by Gasteiger charge is -2.32. The van der Waals surface area contributed by atoms with E-state index in [4.69, 9.17) is 0 Å². The average Bonchev–Trinajstić information content (AvgIpc) is 3.19. The van der Waals surface area contributed by atoms with Crippen molar-refractivity contribution in [2.24, 2.45) is 11.8 Å². The average molecular weight is 372 g/mol. The number of hydrogen-bond acceptors (Lipinski definition) is 3. The standard InChI is InChI=1S/C20H25FN4O2/c1-15(13-25-11-3-9-23-25)12-22-19(26)17-4-2-10-24(14-17)20(27)16-5-7-18(21)8-6-16/h3,5-9,11,15,17H,2,4,10,12-14H2,1H3,(H,22,26)/t15-,17+/m0/s1. The molecule has 2 aromatic rings. The van der Waals surface area contributed by atoms with Crippen molar-refractivity contribution in [1.29, 1.82) is 0 Å². The first kappa shape index (κ1) is 19.1. The molecule has 1 aliphatic rings. The van der Waals surface area contributed by atoms with E-state index in [-0.39, 0.29) is 29.5 Å². The van der Waals surface area contributed by atoms with Crippen molar-refractivity contribution in [3.8, 4) is 0 Å². The number of benzene rings is 1. The van der Waals surface area contributed by atoms with Gasteiger partial charge < -0.3 is 10.2 Å². The molecule has 2 amide bonds. The van der Waals surface area contributed by atoms with Crippen LogP contribution in [0.25, 0.3) is 0 Å². The van der Waals surface area contributed by atoms with Gasteiger partial charge >= 0.3 is 0 Å². The van der Waals surface area contributed by atoms with Crippen molar-refractivity contribution in [2.45, 2.75) is 26.3 Å². The Hall–Kier alpha value is -2.70. The van der Waals surface area contributed by atoms with Crippen LogP contribution in [0.2, 0.25) is 0 Å². The molecule has 1 aromatic carbocycles. The summed E-state index contributed by atoms with van der Waals surface area (Å²) in [5.41, 5.74) is 0.449. The molecular formula is C20H25FN4O2. The van der Waals surface area contributed by atoms with Crippen LogP contribution >= 0.6 is 0 Å². The molecule has 0 saturated carbocycles. The molecule has 1 aromatic heterocycles. The Morgan fingerprint density at radius 1 is 1.33 bits per heavy atom. The first-order valence-corrected chi connectivity index (χ1v) is 9.33. The summed E-state index contributed by atoms with van der Waals surface area (Å²) in [7, 11) is 0. The van der Waals surface area contributed by atoms with Crippen molar-refractivity contribution in [3.63, 3.8) is 0 Å². The minimum absolute atomic E-state index is 0.0149. The summed E-state index contributed by atoms with van der Waals surface area (Å²) < 4.78 is 14.9. The summed E-state index contributed by atoms with van der Waals surface area (Å²) in [5.74, 6) is -0.486. The van der Waals surface area contributed by atoms with E-state index < -0.39 is 0 Å². The zero-order chi connectivity index (χ0) is 19.2. The molecule has 0 unspecified atom stereocenters. The van der Waals surface area contributed by atoms with Crippen molar-refractivity contribution in [3.05, 3.63) is 54.1 Å². The topological polar surface area (TPSA) is 67.2 Å². The number of halogens is 1. The number of hydrogen-bond donors (Lipinski definition) is 1. The molecule has 0 spiro atoms. The Morgan fingerprint density at radius 3 is 2.81 bits per heavy atom. The normalized spacial score (nSPS) is 18.1. The van der Waals surface area contributed by atoms with Crippen LogP contribution in [0.3, 0.4) is 0 Å². The summed E-state index contributed by atoms with van der Waals surface area (Å²) in [4.78, 5) is 26.8. The number of nitrogens with zero attached hydrogens (tertiary/aromatic N) is 3.